The minimum Gasteiger partial charge on any atom is -0.365 e. The van der Waals surface area contributed by atoms with Crippen molar-refractivity contribution >= 4 is 35.8 Å². The first-order valence-corrected chi connectivity index (χ1v) is 7.59. The Morgan fingerprint density at radius 3 is 2.92 bits per heavy atom. The number of aryl methyl sites for hydroxylation is 1. The van der Waals surface area contributed by atoms with Gasteiger partial charge in [0.15, 0.2) is 0 Å². The molecule has 1 saturated heterocycles. The fourth-order valence-electron chi connectivity index (χ4n) is 2.55. The van der Waals surface area contributed by atoms with Gasteiger partial charge in [-0.15, -0.1) is 12.4 Å². The second-order valence-corrected chi connectivity index (χ2v) is 5.65. The molecule has 0 saturated carbocycles. The number of aromatic nitrogens is 2. The first-order chi connectivity index (χ1) is 11.1. The molecule has 0 unspecified atom stereocenters. The summed E-state index contributed by atoms with van der Waals surface area (Å²) in [6.07, 6.45) is 2.47. The quantitative estimate of drug-likeness (QED) is 0.657. The van der Waals surface area contributed by atoms with Gasteiger partial charge in [-0.3, -0.25) is 4.79 Å². The van der Waals surface area contributed by atoms with E-state index in [4.69, 9.17) is 5.73 Å². The van der Waals surface area contributed by atoms with Crippen LogP contribution in [0.4, 0.5) is 17.5 Å². The standard InChI is InChI=1S/C16H20N6O.ClH/c1-10-3-2-4-11(7-10)20-15-13(14(17)23)9-19-16(22-15)21-12-5-6-18-8-12;/h2-4,7,9,12,18H,5-6,8H2,1H3,(H2,17,23)(H2,19,20,21,22);1H/t12-;/m0./s1. The average Bonchev–Trinajstić information content (AvgIpc) is 3.00. The van der Waals surface area contributed by atoms with E-state index >= 15 is 0 Å². The summed E-state index contributed by atoms with van der Waals surface area (Å²) in [6, 6.07) is 8.11. The van der Waals surface area contributed by atoms with Crippen molar-refractivity contribution in [2.75, 3.05) is 23.7 Å². The number of hydrogen-bond donors (Lipinski definition) is 4. The number of nitrogens with one attached hydrogen (secondary N) is 3. The summed E-state index contributed by atoms with van der Waals surface area (Å²) in [5, 5.41) is 9.70. The molecule has 128 valence electrons. The van der Waals surface area contributed by atoms with Gasteiger partial charge in [-0.1, -0.05) is 12.1 Å². The summed E-state index contributed by atoms with van der Waals surface area (Å²) < 4.78 is 0. The van der Waals surface area contributed by atoms with E-state index in [1.54, 1.807) is 0 Å². The van der Waals surface area contributed by atoms with Crippen molar-refractivity contribution in [1.82, 2.24) is 15.3 Å². The SMILES string of the molecule is Cc1cccc(Nc2nc(N[C@H]3CCNC3)ncc2C(N)=O)c1.Cl. The monoisotopic (exact) mass is 348 g/mol. The number of rotatable bonds is 5. The van der Waals surface area contributed by atoms with Gasteiger partial charge in [0.25, 0.3) is 5.91 Å². The number of carbonyl (C=O) groups excluding carboxylic acids is 1. The predicted octanol–water partition coefficient (Wildman–Crippen LogP) is 1.82. The fourth-order valence-corrected chi connectivity index (χ4v) is 2.55. The van der Waals surface area contributed by atoms with Gasteiger partial charge in [0.1, 0.15) is 11.4 Å². The van der Waals surface area contributed by atoms with Crippen molar-refractivity contribution in [3.8, 4) is 0 Å². The van der Waals surface area contributed by atoms with Crippen molar-refractivity contribution < 1.29 is 4.79 Å². The average molecular weight is 349 g/mol. The van der Waals surface area contributed by atoms with Crippen LogP contribution in [0.15, 0.2) is 30.5 Å². The van der Waals surface area contributed by atoms with E-state index in [0.29, 0.717) is 17.8 Å². The van der Waals surface area contributed by atoms with Gasteiger partial charge in [-0.25, -0.2) is 4.98 Å². The van der Waals surface area contributed by atoms with Gasteiger partial charge < -0.3 is 21.7 Å². The molecule has 1 atom stereocenters. The largest absolute Gasteiger partial charge is 0.365 e. The maximum absolute atomic E-state index is 11.6. The Hall–Kier alpha value is -2.38. The molecule has 7 nitrogen and oxygen atoms in total. The van der Waals surface area contributed by atoms with Gasteiger partial charge in [0.2, 0.25) is 5.95 Å². The normalized spacial score (nSPS) is 16.3. The van der Waals surface area contributed by atoms with Crippen molar-refractivity contribution in [1.29, 1.82) is 0 Å². The molecule has 0 spiro atoms. The second-order valence-electron chi connectivity index (χ2n) is 5.65. The second kappa shape index (κ2) is 7.94. The number of hydrogen-bond acceptors (Lipinski definition) is 6. The zero-order valence-electron chi connectivity index (χ0n) is 13.4. The number of primary amides is 1. The molecule has 8 heteroatoms. The Morgan fingerprint density at radius 2 is 2.25 bits per heavy atom. The third-order valence-corrected chi connectivity index (χ3v) is 3.73. The highest BCUT2D eigenvalue weighted by atomic mass is 35.5. The summed E-state index contributed by atoms with van der Waals surface area (Å²) in [7, 11) is 0. The Morgan fingerprint density at radius 1 is 1.42 bits per heavy atom. The van der Waals surface area contributed by atoms with Crippen LogP contribution in [0.1, 0.15) is 22.3 Å². The fraction of sp³-hybridized carbons (Fsp3) is 0.312. The van der Waals surface area contributed by atoms with Crippen LogP contribution in [-0.2, 0) is 0 Å². The molecule has 1 aromatic heterocycles. The zero-order chi connectivity index (χ0) is 16.2. The van der Waals surface area contributed by atoms with Gasteiger partial charge in [0.05, 0.1) is 0 Å². The number of nitrogens with two attached hydrogens (primary N) is 1. The zero-order valence-corrected chi connectivity index (χ0v) is 14.2. The first kappa shape index (κ1) is 18.0. The van der Waals surface area contributed by atoms with Crippen molar-refractivity contribution in [3.05, 3.63) is 41.6 Å². The molecule has 3 rings (SSSR count). The third kappa shape index (κ3) is 4.33. The molecule has 1 aliphatic rings. The highest BCUT2D eigenvalue weighted by molar-refractivity contribution is 5.98. The molecule has 0 aliphatic carbocycles. The van der Waals surface area contributed by atoms with Crippen LogP contribution in [0.3, 0.4) is 0 Å². The van der Waals surface area contributed by atoms with Crippen molar-refractivity contribution in [2.45, 2.75) is 19.4 Å². The molecule has 5 N–H and O–H groups in total. The van der Waals surface area contributed by atoms with E-state index in [2.05, 4.69) is 25.9 Å². The molecule has 1 aliphatic heterocycles. The Kier molecular flexibility index (Phi) is 5.94. The molecule has 2 heterocycles. The summed E-state index contributed by atoms with van der Waals surface area (Å²) in [5.74, 6) is 0.333. The van der Waals surface area contributed by atoms with Crippen LogP contribution in [0.2, 0.25) is 0 Å². The Bertz CT molecular complexity index is 717. The lowest BCUT2D eigenvalue weighted by Gasteiger charge is -2.14. The smallest absolute Gasteiger partial charge is 0.254 e. The van der Waals surface area contributed by atoms with E-state index in [9.17, 15) is 4.79 Å². The van der Waals surface area contributed by atoms with Gasteiger partial charge in [-0.2, -0.15) is 4.98 Å². The number of anilines is 3. The molecule has 2 aromatic rings. The number of benzene rings is 1. The van der Waals surface area contributed by atoms with Crippen molar-refractivity contribution in [3.63, 3.8) is 0 Å². The molecule has 0 bridgehead atoms. The van der Waals surface area contributed by atoms with Gasteiger partial charge >= 0.3 is 0 Å². The minimum atomic E-state index is -0.561. The summed E-state index contributed by atoms with van der Waals surface area (Å²) in [4.78, 5) is 20.2. The van der Waals surface area contributed by atoms with Crippen molar-refractivity contribution in [2.24, 2.45) is 5.73 Å². The lowest BCUT2D eigenvalue weighted by Crippen LogP contribution is -2.24. The predicted molar refractivity (Wildman–Crippen MR) is 97.2 cm³/mol. The first-order valence-electron chi connectivity index (χ1n) is 7.59. The molecule has 0 radical (unpaired) electrons. The summed E-state index contributed by atoms with van der Waals surface area (Å²) in [5.41, 5.74) is 7.65. The van der Waals surface area contributed by atoms with Crippen LogP contribution in [-0.4, -0.2) is 35.0 Å². The van der Waals surface area contributed by atoms with Gasteiger partial charge in [-0.05, 0) is 37.6 Å². The van der Waals surface area contributed by atoms with Crippen LogP contribution in [0.25, 0.3) is 0 Å². The Balaban J connectivity index is 0.00000208. The van der Waals surface area contributed by atoms with E-state index in [-0.39, 0.29) is 18.0 Å². The number of halogens is 1. The number of carbonyl (C=O) groups is 1. The lowest BCUT2D eigenvalue weighted by molar-refractivity contribution is 0.100. The molecular weight excluding hydrogens is 328 g/mol. The van der Waals surface area contributed by atoms with Crippen LogP contribution in [0.5, 0.6) is 0 Å². The molecule has 1 fully saturated rings. The van der Waals surface area contributed by atoms with Crippen LogP contribution >= 0.6 is 12.4 Å². The van der Waals surface area contributed by atoms with Gasteiger partial charge in [0, 0.05) is 24.5 Å². The number of nitrogens with zero attached hydrogens (tertiary/aromatic N) is 2. The minimum absolute atomic E-state index is 0. The van der Waals surface area contributed by atoms with Crippen LogP contribution in [0, 0.1) is 6.92 Å². The van der Waals surface area contributed by atoms with E-state index in [0.717, 1.165) is 30.8 Å². The van der Waals surface area contributed by atoms with E-state index in [1.165, 1.54) is 6.20 Å². The molecule has 1 aromatic carbocycles. The topological polar surface area (TPSA) is 105 Å². The van der Waals surface area contributed by atoms with E-state index < -0.39 is 5.91 Å². The van der Waals surface area contributed by atoms with E-state index in [1.807, 2.05) is 31.2 Å². The maximum Gasteiger partial charge on any atom is 0.254 e. The van der Waals surface area contributed by atoms with Crippen LogP contribution < -0.4 is 21.7 Å². The molecule has 1 amide bonds. The molecular formula is C16H21ClN6O. The molecule has 24 heavy (non-hydrogen) atoms. The lowest BCUT2D eigenvalue weighted by atomic mass is 10.2. The highest BCUT2D eigenvalue weighted by Gasteiger charge is 2.17. The maximum atomic E-state index is 11.6. The Labute approximate surface area is 146 Å². The number of amides is 1. The summed E-state index contributed by atoms with van der Waals surface area (Å²) >= 11 is 0. The summed E-state index contributed by atoms with van der Waals surface area (Å²) in [6.45, 7) is 3.85. The highest BCUT2D eigenvalue weighted by Crippen LogP contribution is 2.21. The third-order valence-electron chi connectivity index (χ3n) is 3.73.